The lowest BCUT2D eigenvalue weighted by Gasteiger charge is -2.10. The average Bonchev–Trinajstić information content (AvgIpc) is 2.69. The van der Waals surface area contributed by atoms with Crippen molar-refractivity contribution >= 4 is 0 Å². The third-order valence-electron chi connectivity index (χ3n) is 2.50. The smallest absolute Gasteiger partial charge is 0.124 e. The van der Waals surface area contributed by atoms with Crippen molar-refractivity contribution in [1.29, 1.82) is 0 Å². The highest BCUT2D eigenvalue weighted by Gasteiger charge is 2.06. The summed E-state index contributed by atoms with van der Waals surface area (Å²) in [7, 11) is 1.70. The van der Waals surface area contributed by atoms with E-state index in [1.54, 1.807) is 7.11 Å². The molecule has 1 heterocycles. The van der Waals surface area contributed by atoms with Crippen molar-refractivity contribution in [3.05, 3.63) is 35.7 Å². The molecule has 0 aliphatic heterocycles. The predicted octanol–water partition coefficient (Wildman–Crippen LogP) is 2.70. The molecule has 0 unspecified atom stereocenters. The van der Waals surface area contributed by atoms with Crippen LogP contribution in [0.25, 0.3) is 11.1 Å². The van der Waals surface area contributed by atoms with Crippen LogP contribution < -0.4 is 4.74 Å². The Kier molecular flexibility index (Phi) is 2.46. The molecular weight excluding hydrogens is 188 g/mol. The van der Waals surface area contributed by atoms with E-state index < -0.39 is 0 Å². The predicted molar refractivity (Wildman–Crippen MR) is 60.0 cm³/mol. The van der Waals surface area contributed by atoms with Crippen LogP contribution >= 0.6 is 0 Å². The zero-order chi connectivity index (χ0) is 10.8. The number of hydrogen-bond donors (Lipinski definition) is 1. The molecule has 1 N–H and O–H groups in total. The van der Waals surface area contributed by atoms with Gasteiger partial charge in [0.2, 0.25) is 0 Å². The van der Waals surface area contributed by atoms with Gasteiger partial charge in [-0.2, -0.15) is 5.10 Å². The van der Waals surface area contributed by atoms with Gasteiger partial charge in [0.1, 0.15) is 5.75 Å². The van der Waals surface area contributed by atoms with Crippen molar-refractivity contribution in [3.8, 4) is 16.9 Å². The number of methoxy groups -OCH3 is 1. The van der Waals surface area contributed by atoms with Crippen molar-refractivity contribution in [3.63, 3.8) is 0 Å². The number of rotatable bonds is 2. The van der Waals surface area contributed by atoms with Crippen molar-refractivity contribution in [2.24, 2.45) is 0 Å². The maximum Gasteiger partial charge on any atom is 0.124 e. The van der Waals surface area contributed by atoms with Gasteiger partial charge in [-0.25, -0.2) is 0 Å². The minimum Gasteiger partial charge on any atom is -0.496 e. The second kappa shape index (κ2) is 3.77. The lowest BCUT2D eigenvalue weighted by Crippen LogP contribution is -1.91. The first kappa shape index (κ1) is 9.77. The van der Waals surface area contributed by atoms with Gasteiger partial charge in [-0.05, 0) is 42.7 Å². The SMILES string of the molecule is COc1c(C)cc(-c2cn[nH]c2)cc1C. The van der Waals surface area contributed by atoms with Crippen LogP contribution in [-0.4, -0.2) is 17.3 Å². The molecule has 1 aromatic heterocycles. The van der Waals surface area contributed by atoms with Gasteiger partial charge in [0, 0.05) is 11.8 Å². The highest BCUT2D eigenvalue weighted by atomic mass is 16.5. The molecule has 0 spiro atoms. The second-order valence-electron chi connectivity index (χ2n) is 3.63. The summed E-state index contributed by atoms with van der Waals surface area (Å²) in [5.41, 5.74) is 4.56. The molecule has 0 radical (unpaired) electrons. The van der Waals surface area contributed by atoms with Gasteiger partial charge >= 0.3 is 0 Å². The fourth-order valence-electron chi connectivity index (χ4n) is 1.85. The van der Waals surface area contributed by atoms with Crippen LogP contribution in [-0.2, 0) is 0 Å². The Balaban J connectivity index is 2.53. The van der Waals surface area contributed by atoms with E-state index in [1.807, 2.05) is 12.4 Å². The summed E-state index contributed by atoms with van der Waals surface area (Å²) in [6.45, 7) is 4.10. The Bertz CT molecular complexity index is 437. The minimum absolute atomic E-state index is 0.960. The van der Waals surface area contributed by atoms with E-state index in [0.717, 1.165) is 22.4 Å². The number of nitrogens with one attached hydrogen (secondary N) is 1. The van der Waals surface area contributed by atoms with Gasteiger partial charge in [0.15, 0.2) is 0 Å². The molecule has 0 aliphatic rings. The Morgan fingerprint density at radius 2 is 1.80 bits per heavy atom. The van der Waals surface area contributed by atoms with Crippen LogP contribution in [0.1, 0.15) is 11.1 Å². The van der Waals surface area contributed by atoms with E-state index in [-0.39, 0.29) is 0 Å². The van der Waals surface area contributed by atoms with Crippen molar-refractivity contribution in [2.75, 3.05) is 7.11 Å². The van der Waals surface area contributed by atoms with E-state index in [9.17, 15) is 0 Å². The topological polar surface area (TPSA) is 37.9 Å². The fourth-order valence-corrected chi connectivity index (χ4v) is 1.85. The third kappa shape index (κ3) is 1.73. The Labute approximate surface area is 89.1 Å². The van der Waals surface area contributed by atoms with Crippen molar-refractivity contribution in [1.82, 2.24) is 10.2 Å². The molecule has 0 saturated heterocycles. The maximum atomic E-state index is 5.32. The lowest BCUT2D eigenvalue weighted by atomic mass is 10.0. The largest absolute Gasteiger partial charge is 0.496 e. The Morgan fingerprint density at radius 1 is 1.13 bits per heavy atom. The summed E-state index contributed by atoms with van der Waals surface area (Å²) in [6, 6.07) is 4.22. The monoisotopic (exact) mass is 202 g/mol. The lowest BCUT2D eigenvalue weighted by molar-refractivity contribution is 0.408. The molecule has 0 bridgehead atoms. The van der Waals surface area contributed by atoms with Crippen LogP contribution in [0.15, 0.2) is 24.5 Å². The van der Waals surface area contributed by atoms with Crippen LogP contribution in [0.2, 0.25) is 0 Å². The van der Waals surface area contributed by atoms with Gasteiger partial charge in [0.05, 0.1) is 13.3 Å². The normalized spacial score (nSPS) is 10.3. The quantitative estimate of drug-likeness (QED) is 0.813. The molecule has 0 fully saturated rings. The molecule has 0 atom stereocenters. The number of ether oxygens (including phenoxy) is 1. The molecule has 1 aromatic carbocycles. The number of aromatic amines is 1. The van der Waals surface area contributed by atoms with E-state index in [0.29, 0.717) is 0 Å². The summed E-state index contributed by atoms with van der Waals surface area (Å²) in [5, 5.41) is 6.76. The van der Waals surface area contributed by atoms with Crippen LogP contribution in [0.4, 0.5) is 0 Å². The molecule has 3 heteroatoms. The standard InChI is InChI=1S/C12H14N2O/c1-8-4-10(11-6-13-14-7-11)5-9(2)12(8)15-3/h4-7H,1-3H3,(H,13,14). The number of nitrogens with zero attached hydrogens (tertiary/aromatic N) is 1. The minimum atomic E-state index is 0.960. The molecule has 78 valence electrons. The van der Waals surface area contributed by atoms with E-state index >= 15 is 0 Å². The average molecular weight is 202 g/mol. The maximum absolute atomic E-state index is 5.32. The highest BCUT2D eigenvalue weighted by molar-refractivity contribution is 5.65. The third-order valence-corrected chi connectivity index (χ3v) is 2.50. The molecule has 2 rings (SSSR count). The molecule has 0 aliphatic carbocycles. The molecular formula is C12H14N2O. The summed E-state index contributed by atoms with van der Waals surface area (Å²) >= 11 is 0. The van der Waals surface area contributed by atoms with Gasteiger partial charge in [0.25, 0.3) is 0 Å². The Hall–Kier alpha value is -1.77. The zero-order valence-electron chi connectivity index (χ0n) is 9.16. The van der Waals surface area contributed by atoms with Crippen LogP contribution in [0.5, 0.6) is 5.75 Å². The zero-order valence-corrected chi connectivity index (χ0v) is 9.16. The fraction of sp³-hybridized carbons (Fsp3) is 0.250. The summed E-state index contributed by atoms with van der Waals surface area (Å²) in [5.74, 6) is 0.960. The van der Waals surface area contributed by atoms with Crippen LogP contribution in [0.3, 0.4) is 0 Å². The number of aromatic nitrogens is 2. The summed E-state index contributed by atoms with van der Waals surface area (Å²) < 4.78 is 5.32. The van der Waals surface area contributed by atoms with E-state index in [2.05, 4.69) is 36.2 Å². The number of benzene rings is 1. The first-order valence-corrected chi connectivity index (χ1v) is 4.86. The first-order valence-electron chi connectivity index (χ1n) is 4.86. The number of hydrogen-bond acceptors (Lipinski definition) is 2. The Morgan fingerprint density at radius 3 is 2.27 bits per heavy atom. The van der Waals surface area contributed by atoms with E-state index in [4.69, 9.17) is 4.74 Å². The molecule has 0 amide bonds. The van der Waals surface area contributed by atoms with Crippen LogP contribution in [0, 0.1) is 13.8 Å². The van der Waals surface area contributed by atoms with Gasteiger partial charge in [-0.1, -0.05) is 0 Å². The highest BCUT2D eigenvalue weighted by Crippen LogP contribution is 2.29. The van der Waals surface area contributed by atoms with Crippen molar-refractivity contribution in [2.45, 2.75) is 13.8 Å². The second-order valence-corrected chi connectivity index (χ2v) is 3.63. The van der Waals surface area contributed by atoms with E-state index in [1.165, 1.54) is 5.56 Å². The molecule has 0 saturated carbocycles. The molecule has 15 heavy (non-hydrogen) atoms. The number of aryl methyl sites for hydroxylation is 2. The molecule has 3 nitrogen and oxygen atoms in total. The summed E-state index contributed by atoms with van der Waals surface area (Å²) in [6.07, 6.45) is 3.71. The van der Waals surface area contributed by atoms with Crippen molar-refractivity contribution < 1.29 is 4.74 Å². The van der Waals surface area contributed by atoms with Gasteiger partial charge in [-0.3, -0.25) is 5.10 Å². The van der Waals surface area contributed by atoms with Gasteiger partial charge < -0.3 is 4.74 Å². The summed E-state index contributed by atoms with van der Waals surface area (Å²) in [4.78, 5) is 0. The first-order chi connectivity index (χ1) is 7.22. The number of H-pyrrole nitrogens is 1. The molecule has 2 aromatic rings. The van der Waals surface area contributed by atoms with Gasteiger partial charge in [-0.15, -0.1) is 0 Å².